The van der Waals surface area contributed by atoms with Crippen LogP contribution in [0.1, 0.15) is 26.2 Å². The van der Waals surface area contributed by atoms with Gasteiger partial charge in [0, 0.05) is 33.1 Å². The standard InChI is InChI=1S/C15H24N4O3/c1-15(13(21)18(3)14(22)16-15)10-5-4-7-19(9-10)11-6-8-17(2)12(11)20/h10-11H,4-9H2,1-3H3,(H,16,22)/t10-,11-,15+/m0/s1. The molecule has 122 valence electrons. The van der Waals surface area contributed by atoms with E-state index in [2.05, 4.69) is 10.2 Å². The molecule has 3 rings (SSSR count). The maximum absolute atomic E-state index is 12.4. The summed E-state index contributed by atoms with van der Waals surface area (Å²) in [7, 11) is 3.35. The van der Waals surface area contributed by atoms with Crippen molar-refractivity contribution in [2.75, 3.05) is 33.7 Å². The van der Waals surface area contributed by atoms with Gasteiger partial charge in [-0.25, -0.2) is 4.79 Å². The maximum atomic E-state index is 12.4. The molecule has 7 nitrogen and oxygen atoms in total. The second kappa shape index (κ2) is 5.22. The van der Waals surface area contributed by atoms with Crippen molar-refractivity contribution in [3.05, 3.63) is 0 Å². The van der Waals surface area contributed by atoms with Gasteiger partial charge in [-0.3, -0.25) is 19.4 Å². The summed E-state index contributed by atoms with van der Waals surface area (Å²) < 4.78 is 0. The van der Waals surface area contributed by atoms with Gasteiger partial charge in [0.2, 0.25) is 5.91 Å². The number of carbonyl (C=O) groups is 3. The number of urea groups is 1. The van der Waals surface area contributed by atoms with Gasteiger partial charge in [-0.2, -0.15) is 0 Å². The van der Waals surface area contributed by atoms with E-state index in [1.165, 1.54) is 7.05 Å². The fraction of sp³-hybridized carbons (Fsp3) is 0.800. The first-order chi connectivity index (χ1) is 10.3. The highest BCUT2D eigenvalue weighted by Gasteiger charge is 2.52. The van der Waals surface area contributed by atoms with Crippen molar-refractivity contribution < 1.29 is 14.4 Å². The molecule has 0 bridgehead atoms. The molecule has 0 aromatic carbocycles. The van der Waals surface area contributed by atoms with Gasteiger partial charge in [0.05, 0.1) is 6.04 Å². The Kier molecular flexibility index (Phi) is 3.63. The summed E-state index contributed by atoms with van der Waals surface area (Å²) in [6.07, 6.45) is 2.68. The number of carbonyl (C=O) groups excluding carboxylic acids is 3. The maximum Gasteiger partial charge on any atom is 0.324 e. The second-order valence-electron chi connectivity index (χ2n) is 6.90. The van der Waals surface area contributed by atoms with E-state index in [0.29, 0.717) is 6.54 Å². The third-order valence-electron chi connectivity index (χ3n) is 5.53. The van der Waals surface area contributed by atoms with Gasteiger partial charge in [-0.1, -0.05) is 0 Å². The van der Waals surface area contributed by atoms with Crippen molar-refractivity contribution in [2.24, 2.45) is 5.92 Å². The monoisotopic (exact) mass is 308 g/mol. The molecule has 0 aliphatic carbocycles. The summed E-state index contributed by atoms with van der Waals surface area (Å²) in [6.45, 7) is 4.17. The number of hydrogen-bond donors (Lipinski definition) is 1. The molecule has 0 radical (unpaired) electrons. The lowest BCUT2D eigenvalue weighted by atomic mass is 9.79. The average molecular weight is 308 g/mol. The molecule has 3 atom stereocenters. The first-order valence-corrected chi connectivity index (χ1v) is 7.94. The van der Waals surface area contributed by atoms with E-state index in [-0.39, 0.29) is 29.8 Å². The lowest BCUT2D eigenvalue weighted by Gasteiger charge is -2.41. The SMILES string of the molecule is CN1CC[C@H](N2CCC[C@H]([C@@]3(C)NC(=O)N(C)C3=O)C2)C1=O. The number of hydrogen-bond acceptors (Lipinski definition) is 4. The van der Waals surface area contributed by atoms with Crippen LogP contribution in [0.15, 0.2) is 0 Å². The van der Waals surface area contributed by atoms with Crippen LogP contribution in [0.25, 0.3) is 0 Å². The quantitative estimate of drug-likeness (QED) is 0.721. The molecule has 3 aliphatic heterocycles. The van der Waals surface area contributed by atoms with Gasteiger partial charge < -0.3 is 10.2 Å². The molecule has 3 aliphatic rings. The lowest BCUT2D eigenvalue weighted by molar-refractivity contribution is -0.134. The van der Waals surface area contributed by atoms with Crippen LogP contribution >= 0.6 is 0 Å². The molecule has 4 amide bonds. The molecular formula is C15H24N4O3. The molecule has 3 saturated heterocycles. The number of rotatable bonds is 2. The summed E-state index contributed by atoms with van der Waals surface area (Å²) >= 11 is 0. The van der Waals surface area contributed by atoms with Gasteiger partial charge in [0.1, 0.15) is 5.54 Å². The number of likely N-dealkylation sites (tertiary alicyclic amines) is 2. The fourth-order valence-electron chi connectivity index (χ4n) is 3.98. The number of likely N-dealkylation sites (N-methyl/N-ethyl adjacent to an activating group) is 2. The lowest BCUT2D eigenvalue weighted by Crippen LogP contribution is -2.57. The van der Waals surface area contributed by atoms with Crippen LogP contribution in [0.4, 0.5) is 4.79 Å². The molecule has 0 spiro atoms. The first kappa shape index (κ1) is 15.3. The third-order valence-corrected chi connectivity index (χ3v) is 5.53. The van der Waals surface area contributed by atoms with Crippen LogP contribution < -0.4 is 5.32 Å². The van der Waals surface area contributed by atoms with Crippen molar-refractivity contribution in [1.29, 1.82) is 0 Å². The van der Waals surface area contributed by atoms with Crippen molar-refractivity contribution in [2.45, 2.75) is 37.8 Å². The van der Waals surface area contributed by atoms with Gasteiger partial charge in [-0.05, 0) is 32.7 Å². The zero-order valence-corrected chi connectivity index (χ0v) is 13.5. The summed E-state index contributed by atoms with van der Waals surface area (Å²) in [6, 6.07) is -0.400. The largest absolute Gasteiger partial charge is 0.344 e. The van der Waals surface area contributed by atoms with Gasteiger partial charge in [0.15, 0.2) is 0 Å². The number of nitrogens with zero attached hydrogens (tertiary/aromatic N) is 3. The van der Waals surface area contributed by atoms with Crippen molar-refractivity contribution in [1.82, 2.24) is 20.0 Å². The first-order valence-electron chi connectivity index (χ1n) is 7.94. The Morgan fingerprint density at radius 3 is 2.41 bits per heavy atom. The molecule has 0 aromatic rings. The number of amides is 4. The predicted octanol–water partition coefficient (Wildman–Crippen LogP) is -0.131. The van der Waals surface area contributed by atoms with Crippen LogP contribution in [0.2, 0.25) is 0 Å². The molecule has 0 saturated carbocycles. The van der Waals surface area contributed by atoms with E-state index in [1.54, 1.807) is 4.90 Å². The van der Waals surface area contributed by atoms with Crippen LogP contribution in [-0.4, -0.2) is 77.9 Å². The third kappa shape index (κ3) is 2.18. The summed E-state index contributed by atoms with van der Waals surface area (Å²) in [5.41, 5.74) is -0.849. The highest BCUT2D eigenvalue weighted by atomic mass is 16.2. The zero-order valence-electron chi connectivity index (χ0n) is 13.5. The number of nitrogens with one attached hydrogen (secondary N) is 1. The van der Waals surface area contributed by atoms with Crippen molar-refractivity contribution >= 4 is 17.8 Å². The topological polar surface area (TPSA) is 73.0 Å². The highest BCUT2D eigenvalue weighted by molar-refractivity contribution is 6.06. The molecule has 22 heavy (non-hydrogen) atoms. The van der Waals surface area contributed by atoms with Crippen molar-refractivity contribution in [3.8, 4) is 0 Å². The molecular weight excluding hydrogens is 284 g/mol. The second-order valence-corrected chi connectivity index (χ2v) is 6.90. The van der Waals surface area contributed by atoms with Crippen LogP contribution in [0, 0.1) is 5.92 Å². The van der Waals surface area contributed by atoms with E-state index in [9.17, 15) is 14.4 Å². The van der Waals surface area contributed by atoms with E-state index in [1.807, 2.05) is 14.0 Å². The number of imide groups is 1. The zero-order chi connectivity index (χ0) is 16.1. The summed E-state index contributed by atoms with van der Waals surface area (Å²) in [5, 5.41) is 2.85. The van der Waals surface area contributed by atoms with E-state index in [0.717, 1.165) is 37.3 Å². The molecule has 7 heteroatoms. The van der Waals surface area contributed by atoms with E-state index < -0.39 is 5.54 Å². The van der Waals surface area contributed by atoms with Gasteiger partial charge >= 0.3 is 6.03 Å². The van der Waals surface area contributed by atoms with Crippen molar-refractivity contribution in [3.63, 3.8) is 0 Å². The Balaban J connectivity index is 1.75. The smallest absolute Gasteiger partial charge is 0.324 e. The van der Waals surface area contributed by atoms with E-state index in [4.69, 9.17) is 0 Å². The molecule has 0 unspecified atom stereocenters. The van der Waals surface area contributed by atoms with Crippen LogP contribution in [-0.2, 0) is 9.59 Å². The average Bonchev–Trinajstić information content (AvgIpc) is 2.94. The normalized spacial score (nSPS) is 37.1. The Labute approximate surface area is 130 Å². The Morgan fingerprint density at radius 2 is 1.86 bits per heavy atom. The Hall–Kier alpha value is -1.63. The fourth-order valence-corrected chi connectivity index (χ4v) is 3.98. The Morgan fingerprint density at radius 1 is 1.14 bits per heavy atom. The van der Waals surface area contributed by atoms with Crippen LogP contribution in [0.3, 0.4) is 0 Å². The Bertz CT molecular complexity index is 523. The molecule has 3 fully saturated rings. The minimum absolute atomic E-state index is 0.0429. The van der Waals surface area contributed by atoms with E-state index >= 15 is 0 Å². The highest BCUT2D eigenvalue weighted by Crippen LogP contribution is 2.33. The molecule has 3 heterocycles. The molecule has 1 N–H and O–H groups in total. The van der Waals surface area contributed by atoms with Gasteiger partial charge in [-0.15, -0.1) is 0 Å². The predicted molar refractivity (Wildman–Crippen MR) is 80.0 cm³/mol. The van der Waals surface area contributed by atoms with Gasteiger partial charge in [0.25, 0.3) is 5.91 Å². The summed E-state index contributed by atoms with van der Waals surface area (Å²) in [4.78, 5) is 41.6. The minimum atomic E-state index is -0.849. The minimum Gasteiger partial charge on any atom is -0.344 e. The summed E-state index contributed by atoms with van der Waals surface area (Å²) in [5.74, 6) is 0.0466. The van der Waals surface area contributed by atoms with Crippen LogP contribution in [0.5, 0.6) is 0 Å². The molecule has 0 aromatic heterocycles. The number of piperidine rings is 1.